The lowest BCUT2D eigenvalue weighted by Gasteiger charge is -2.41. The Hall–Kier alpha value is -2.32. The molecule has 1 aliphatic carbocycles. The van der Waals surface area contributed by atoms with Crippen LogP contribution in [0.25, 0.3) is 0 Å². The summed E-state index contributed by atoms with van der Waals surface area (Å²) in [5.74, 6) is 1.43. The van der Waals surface area contributed by atoms with E-state index < -0.39 is 0 Å². The van der Waals surface area contributed by atoms with Gasteiger partial charge in [-0.05, 0) is 31.4 Å². The van der Waals surface area contributed by atoms with E-state index in [2.05, 4.69) is 15.1 Å². The molecule has 0 aromatic carbocycles. The summed E-state index contributed by atoms with van der Waals surface area (Å²) in [6.07, 6.45) is 5.22. The van der Waals surface area contributed by atoms with Gasteiger partial charge in [0, 0.05) is 25.5 Å². The van der Waals surface area contributed by atoms with Crippen molar-refractivity contribution in [2.45, 2.75) is 44.5 Å². The van der Waals surface area contributed by atoms with Crippen LogP contribution in [-0.2, 0) is 20.8 Å². The van der Waals surface area contributed by atoms with Crippen LogP contribution in [0.4, 0.5) is 0 Å². The predicted molar refractivity (Wildman–Crippen MR) is 92.2 cm³/mol. The first-order valence-corrected chi connectivity index (χ1v) is 8.92. The highest BCUT2D eigenvalue weighted by molar-refractivity contribution is 5.79. The molecular formula is C18H23N5O3. The number of carbonyl (C=O) groups excluding carboxylic acids is 1. The summed E-state index contributed by atoms with van der Waals surface area (Å²) in [6.45, 7) is 3.04. The van der Waals surface area contributed by atoms with Gasteiger partial charge in [-0.1, -0.05) is 6.07 Å². The van der Waals surface area contributed by atoms with Crippen LogP contribution in [-0.4, -0.2) is 56.9 Å². The number of ether oxygens (including phenoxy) is 2. The van der Waals surface area contributed by atoms with Crippen molar-refractivity contribution in [2.24, 2.45) is 0 Å². The summed E-state index contributed by atoms with van der Waals surface area (Å²) < 4.78 is 13.0. The molecule has 1 saturated carbocycles. The van der Waals surface area contributed by atoms with Crippen molar-refractivity contribution in [1.29, 1.82) is 0 Å². The third-order valence-corrected chi connectivity index (χ3v) is 4.79. The van der Waals surface area contributed by atoms with Gasteiger partial charge >= 0.3 is 0 Å². The molecule has 2 aromatic rings. The van der Waals surface area contributed by atoms with Gasteiger partial charge in [0.15, 0.2) is 5.82 Å². The quantitative estimate of drug-likeness (QED) is 0.778. The Kier molecular flexibility index (Phi) is 4.69. The normalized spacial score (nSPS) is 23.5. The Balaban J connectivity index is 1.75. The van der Waals surface area contributed by atoms with Gasteiger partial charge in [0.2, 0.25) is 5.91 Å². The Bertz CT molecular complexity index is 774. The molecule has 2 aliphatic rings. The molecular weight excluding hydrogens is 334 g/mol. The van der Waals surface area contributed by atoms with Crippen molar-refractivity contribution in [3.05, 3.63) is 41.7 Å². The van der Waals surface area contributed by atoms with Crippen LogP contribution in [0.3, 0.4) is 0 Å². The maximum absolute atomic E-state index is 12.6. The Morgan fingerprint density at radius 2 is 2.23 bits per heavy atom. The van der Waals surface area contributed by atoms with Gasteiger partial charge in [0.1, 0.15) is 18.5 Å². The summed E-state index contributed by atoms with van der Waals surface area (Å²) in [5.41, 5.74) is 0.955. The van der Waals surface area contributed by atoms with E-state index in [1.165, 1.54) is 0 Å². The van der Waals surface area contributed by atoms with Crippen LogP contribution in [0.2, 0.25) is 0 Å². The topological polar surface area (TPSA) is 82.4 Å². The second-order valence-electron chi connectivity index (χ2n) is 6.73. The molecule has 0 spiro atoms. The molecule has 0 radical (unpaired) electrons. The highest BCUT2D eigenvalue weighted by Crippen LogP contribution is 2.44. The molecule has 8 nitrogen and oxygen atoms in total. The predicted octanol–water partition coefficient (Wildman–Crippen LogP) is 1.43. The second kappa shape index (κ2) is 7.13. The molecule has 2 fully saturated rings. The first-order valence-electron chi connectivity index (χ1n) is 8.92. The summed E-state index contributed by atoms with van der Waals surface area (Å²) in [4.78, 5) is 23.4. The molecule has 0 bridgehead atoms. The van der Waals surface area contributed by atoms with E-state index in [9.17, 15) is 4.79 Å². The van der Waals surface area contributed by atoms with E-state index in [1.807, 2.05) is 28.6 Å². The minimum absolute atomic E-state index is 0.0253. The average Bonchev–Trinajstić information content (AvgIpc) is 3.42. The van der Waals surface area contributed by atoms with Crippen LogP contribution in [0.15, 0.2) is 24.5 Å². The van der Waals surface area contributed by atoms with Crippen molar-refractivity contribution in [3.8, 4) is 0 Å². The Morgan fingerprint density at radius 3 is 2.92 bits per heavy atom. The largest absolute Gasteiger partial charge is 0.383 e. The average molecular weight is 357 g/mol. The molecule has 26 heavy (non-hydrogen) atoms. The van der Waals surface area contributed by atoms with E-state index in [0.717, 1.165) is 24.2 Å². The van der Waals surface area contributed by atoms with E-state index in [4.69, 9.17) is 9.47 Å². The minimum Gasteiger partial charge on any atom is -0.383 e. The van der Waals surface area contributed by atoms with Crippen LogP contribution >= 0.6 is 0 Å². The van der Waals surface area contributed by atoms with Crippen LogP contribution in [0.1, 0.15) is 42.2 Å². The summed E-state index contributed by atoms with van der Waals surface area (Å²) >= 11 is 0. The fraction of sp³-hybridized carbons (Fsp3) is 0.556. The number of hydrogen-bond donors (Lipinski definition) is 0. The van der Waals surface area contributed by atoms with Gasteiger partial charge in [-0.3, -0.25) is 9.78 Å². The van der Waals surface area contributed by atoms with E-state index in [1.54, 1.807) is 19.5 Å². The first kappa shape index (κ1) is 17.1. The molecule has 2 atom stereocenters. The zero-order valence-corrected chi connectivity index (χ0v) is 15.0. The van der Waals surface area contributed by atoms with Crippen LogP contribution in [0, 0.1) is 6.92 Å². The SMILES string of the molecule is COCCn1nc(C)nc1[C@H]1OCC(=O)N(C2CC2)[C@@H]1c1cccnc1. The van der Waals surface area contributed by atoms with Gasteiger partial charge < -0.3 is 14.4 Å². The maximum Gasteiger partial charge on any atom is 0.249 e. The molecule has 2 aromatic heterocycles. The van der Waals surface area contributed by atoms with Gasteiger partial charge in [-0.15, -0.1) is 0 Å². The van der Waals surface area contributed by atoms with Crippen LogP contribution < -0.4 is 0 Å². The number of hydrogen-bond acceptors (Lipinski definition) is 6. The van der Waals surface area contributed by atoms with E-state index in [-0.39, 0.29) is 30.7 Å². The molecule has 4 rings (SSSR count). The minimum atomic E-state index is -0.379. The number of nitrogens with zero attached hydrogens (tertiary/aromatic N) is 5. The third kappa shape index (κ3) is 3.22. The maximum atomic E-state index is 12.6. The third-order valence-electron chi connectivity index (χ3n) is 4.79. The van der Waals surface area contributed by atoms with Crippen molar-refractivity contribution < 1.29 is 14.3 Å². The summed E-state index contributed by atoms with van der Waals surface area (Å²) in [5, 5.41) is 4.48. The fourth-order valence-electron chi connectivity index (χ4n) is 3.54. The highest BCUT2D eigenvalue weighted by Gasteiger charge is 2.47. The Labute approximate surface area is 152 Å². The molecule has 1 amide bonds. The van der Waals surface area contributed by atoms with Gasteiger partial charge in [-0.2, -0.15) is 5.10 Å². The number of morpholine rings is 1. The zero-order chi connectivity index (χ0) is 18.1. The van der Waals surface area contributed by atoms with E-state index in [0.29, 0.717) is 19.0 Å². The monoisotopic (exact) mass is 357 g/mol. The Morgan fingerprint density at radius 1 is 1.38 bits per heavy atom. The van der Waals surface area contributed by atoms with Crippen molar-refractivity contribution in [1.82, 2.24) is 24.6 Å². The second-order valence-corrected chi connectivity index (χ2v) is 6.73. The summed E-state index contributed by atoms with van der Waals surface area (Å²) in [6, 6.07) is 3.90. The zero-order valence-electron chi connectivity index (χ0n) is 15.0. The lowest BCUT2D eigenvalue weighted by Crippen LogP contribution is -2.47. The lowest BCUT2D eigenvalue weighted by atomic mass is 9.98. The molecule has 8 heteroatoms. The highest BCUT2D eigenvalue weighted by atomic mass is 16.5. The van der Waals surface area contributed by atoms with Crippen LogP contribution in [0.5, 0.6) is 0 Å². The van der Waals surface area contributed by atoms with Gasteiger partial charge in [0.05, 0.1) is 19.2 Å². The number of carbonyl (C=O) groups is 1. The summed E-state index contributed by atoms with van der Waals surface area (Å²) in [7, 11) is 1.66. The first-order chi connectivity index (χ1) is 12.7. The molecule has 1 saturated heterocycles. The van der Waals surface area contributed by atoms with E-state index >= 15 is 0 Å². The molecule has 0 N–H and O–H groups in total. The smallest absolute Gasteiger partial charge is 0.249 e. The number of aryl methyl sites for hydroxylation is 1. The van der Waals surface area contributed by atoms with Crippen molar-refractivity contribution in [2.75, 3.05) is 20.3 Å². The molecule has 3 heterocycles. The molecule has 0 unspecified atom stereocenters. The number of amides is 1. The standard InChI is InChI=1S/C18H23N5O3/c1-12-20-18(22(21-12)8-9-25-2)17-16(13-4-3-7-19-10-13)23(14-5-6-14)15(24)11-26-17/h3-4,7,10,14,16-17H,5-6,8-9,11H2,1-2H3/t16-,17+/m1/s1. The number of methoxy groups -OCH3 is 1. The molecule has 1 aliphatic heterocycles. The number of rotatable bonds is 6. The number of aromatic nitrogens is 4. The van der Waals surface area contributed by atoms with Gasteiger partial charge in [-0.25, -0.2) is 9.67 Å². The van der Waals surface area contributed by atoms with Crippen molar-refractivity contribution in [3.63, 3.8) is 0 Å². The fourth-order valence-corrected chi connectivity index (χ4v) is 3.54. The molecule has 138 valence electrons. The van der Waals surface area contributed by atoms with Crippen molar-refractivity contribution >= 4 is 5.91 Å². The number of pyridine rings is 1. The van der Waals surface area contributed by atoms with Gasteiger partial charge in [0.25, 0.3) is 0 Å². The lowest BCUT2D eigenvalue weighted by molar-refractivity contribution is -0.160.